The average Bonchev–Trinajstić information content (AvgIpc) is 2.71. The third-order valence-corrected chi connectivity index (χ3v) is 3.53. The van der Waals surface area contributed by atoms with E-state index in [0.717, 1.165) is 4.68 Å². The van der Waals surface area contributed by atoms with Gasteiger partial charge in [-0.1, -0.05) is 23.2 Å². The first-order valence-electron chi connectivity index (χ1n) is 5.88. The molecular weight excluding hydrogens is 342 g/mol. The maximum atomic E-state index is 14.5. The Balaban J connectivity index is 2.59. The highest BCUT2D eigenvalue weighted by Gasteiger charge is 2.23. The van der Waals surface area contributed by atoms with Crippen molar-refractivity contribution in [1.82, 2.24) is 9.78 Å². The number of hydrogen-bond donors (Lipinski definition) is 0. The van der Waals surface area contributed by atoms with Crippen LogP contribution in [0.4, 0.5) is 13.2 Å². The summed E-state index contributed by atoms with van der Waals surface area (Å²) >= 11 is 11.8. The Labute approximate surface area is 133 Å². The van der Waals surface area contributed by atoms with E-state index in [-0.39, 0.29) is 39.2 Å². The zero-order valence-corrected chi connectivity index (χ0v) is 12.6. The largest absolute Gasteiger partial charge is 0.416 e. The van der Waals surface area contributed by atoms with Crippen molar-refractivity contribution in [2.75, 3.05) is 0 Å². The van der Waals surface area contributed by atoms with Gasteiger partial charge in [-0.2, -0.15) is 19.1 Å². The summed E-state index contributed by atoms with van der Waals surface area (Å²) < 4.78 is 44.4. The van der Waals surface area contributed by atoms with Crippen LogP contribution >= 0.6 is 23.2 Å². The standard InChI is InChI=1S/C13H8Cl2F3N3O/c1-21-12(22-13(17)18)9(15)11(20-21)7-2-3-8(14)6(4-5-19)10(7)16/h2-3,13H,4H2,1H3. The molecule has 1 heterocycles. The normalized spacial score (nSPS) is 10.8. The van der Waals surface area contributed by atoms with Crippen LogP contribution in [-0.4, -0.2) is 16.4 Å². The van der Waals surface area contributed by atoms with Crippen LogP contribution in [0.2, 0.25) is 10.0 Å². The van der Waals surface area contributed by atoms with E-state index in [1.54, 1.807) is 6.07 Å². The molecule has 0 saturated heterocycles. The van der Waals surface area contributed by atoms with Crippen LogP contribution in [0.25, 0.3) is 11.3 Å². The Morgan fingerprint density at radius 1 is 1.41 bits per heavy atom. The minimum Gasteiger partial charge on any atom is -0.416 e. The molecule has 0 saturated carbocycles. The van der Waals surface area contributed by atoms with Crippen LogP contribution in [0.5, 0.6) is 5.88 Å². The Bertz CT molecular complexity index is 756. The first-order valence-corrected chi connectivity index (χ1v) is 6.63. The van der Waals surface area contributed by atoms with Crippen molar-refractivity contribution < 1.29 is 17.9 Å². The fourth-order valence-corrected chi connectivity index (χ4v) is 2.41. The molecule has 2 rings (SSSR count). The summed E-state index contributed by atoms with van der Waals surface area (Å²) in [5.41, 5.74) is -0.146. The zero-order valence-electron chi connectivity index (χ0n) is 11.1. The fourth-order valence-electron chi connectivity index (χ4n) is 1.89. The van der Waals surface area contributed by atoms with Crippen LogP contribution in [0, 0.1) is 17.1 Å². The van der Waals surface area contributed by atoms with Gasteiger partial charge in [-0.15, -0.1) is 0 Å². The van der Waals surface area contributed by atoms with Gasteiger partial charge in [0.15, 0.2) is 0 Å². The van der Waals surface area contributed by atoms with Gasteiger partial charge in [0, 0.05) is 23.2 Å². The molecule has 9 heteroatoms. The van der Waals surface area contributed by atoms with Crippen molar-refractivity contribution in [2.24, 2.45) is 7.05 Å². The molecule has 116 valence electrons. The molecule has 0 radical (unpaired) electrons. The Morgan fingerprint density at radius 2 is 2.09 bits per heavy atom. The summed E-state index contributed by atoms with van der Waals surface area (Å²) in [6, 6.07) is 4.48. The number of benzene rings is 1. The number of nitrogens with zero attached hydrogens (tertiary/aromatic N) is 3. The second-order valence-corrected chi connectivity index (χ2v) is 4.98. The van der Waals surface area contributed by atoms with Gasteiger partial charge >= 0.3 is 6.61 Å². The number of aromatic nitrogens is 2. The highest BCUT2D eigenvalue weighted by Crippen LogP contribution is 2.38. The molecule has 0 amide bonds. The third kappa shape index (κ3) is 2.98. The number of alkyl halides is 2. The molecule has 0 bridgehead atoms. The molecule has 22 heavy (non-hydrogen) atoms. The third-order valence-electron chi connectivity index (χ3n) is 2.84. The van der Waals surface area contributed by atoms with E-state index < -0.39 is 12.4 Å². The predicted octanol–water partition coefficient (Wildman–Crippen LogP) is 4.20. The lowest BCUT2D eigenvalue weighted by Gasteiger charge is -2.07. The van der Waals surface area contributed by atoms with E-state index in [1.807, 2.05) is 0 Å². The molecule has 0 aliphatic carbocycles. The van der Waals surface area contributed by atoms with Crippen LogP contribution in [0.3, 0.4) is 0 Å². The molecule has 4 nitrogen and oxygen atoms in total. The molecule has 2 aromatic rings. The van der Waals surface area contributed by atoms with E-state index in [0.29, 0.717) is 0 Å². The minimum absolute atomic E-state index is 0.0142. The van der Waals surface area contributed by atoms with Gasteiger partial charge in [0.2, 0.25) is 5.88 Å². The summed E-state index contributed by atoms with van der Waals surface area (Å²) in [6.07, 6.45) is -0.247. The zero-order chi connectivity index (χ0) is 16.4. The second-order valence-electron chi connectivity index (χ2n) is 4.19. The number of rotatable bonds is 4. The van der Waals surface area contributed by atoms with Crippen molar-refractivity contribution in [3.8, 4) is 23.2 Å². The van der Waals surface area contributed by atoms with Crippen molar-refractivity contribution in [3.05, 3.63) is 33.6 Å². The van der Waals surface area contributed by atoms with Crippen LogP contribution < -0.4 is 4.74 Å². The SMILES string of the molecule is Cn1nc(-c2ccc(Cl)c(CC#N)c2F)c(Cl)c1OC(F)F. The summed E-state index contributed by atoms with van der Waals surface area (Å²) in [7, 11) is 1.33. The lowest BCUT2D eigenvalue weighted by molar-refractivity contribution is -0.0552. The van der Waals surface area contributed by atoms with E-state index in [9.17, 15) is 13.2 Å². The lowest BCUT2D eigenvalue weighted by atomic mass is 10.0. The molecule has 0 unspecified atom stereocenters. The van der Waals surface area contributed by atoms with Gasteiger partial charge in [-0.3, -0.25) is 0 Å². The molecule has 0 N–H and O–H groups in total. The minimum atomic E-state index is -3.09. The fraction of sp³-hybridized carbons (Fsp3) is 0.231. The first-order chi connectivity index (χ1) is 10.4. The van der Waals surface area contributed by atoms with Gasteiger partial charge in [-0.25, -0.2) is 9.07 Å². The first kappa shape index (κ1) is 16.5. The molecule has 0 aliphatic rings. The van der Waals surface area contributed by atoms with Crippen molar-refractivity contribution in [3.63, 3.8) is 0 Å². The lowest BCUT2D eigenvalue weighted by Crippen LogP contribution is -2.06. The Hall–Kier alpha value is -1.91. The molecular formula is C13H8Cl2F3N3O. The number of ether oxygens (including phenoxy) is 1. The van der Waals surface area contributed by atoms with E-state index >= 15 is 0 Å². The van der Waals surface area contributed by atoms with Crippen LogP contribution in [0.1, 0.15) is 5.56 Å². The van der Waals surface area contributed by atoms with Crippen molar-refractivity contribution >= 4 is 23.2 Å². The van der Waals surface area contributed by atoms with Gasteiger partial charge in [0.1, 0.15) is 16.5 Å². The summed E-state index contributed by atoms with van der Waals surface area (Å²) in [6.45, 7) is -3.09. The highest BCUT2D eigenvalue weighted by molar-refractivity contribution is 6.34. The van der Waals surface area contributed by atoms with Gasteiger partial charge in [0.25, 0.3) is 0 Å². The molecule has 1 aromatic carbocycles. The van der Waals surface area contributed by atoms with Gasteiger partial charge < -0.3 is 4.74 Å². The van der Waals surface area contributed by atoms with Crippen molar-refractivity contribution in [1.29, 1.82) is 5.26 Å². The quantitative estimate of drug-likeness (QED) is 0.830. The van der Waals surface area contributed by atoms with Crippen LogP contribution in [-0.2, 0) is 13.5 Å². The van der Waals surface area contributed by atoms with Crippen molar-refractivity contribution in [2.45, 2.75) is 13.0 Å². The van der Waals surface area contributed by atoms with Gasteiger partial charge in [0.05, 0.1) is 12.5 Å². The maximum absolute atomic E-state index is 14.5. The number of hydrogen-bond acceptors (Lipinski definition) is 3. The molecule has 0 atom stereocenters. The number of nitriles is 1. The number of aryl methyl sites for hydroxylation is 1. The van der Waals surface area contributed by atoms with E-state index in [1.165, 1.54) is 19.2 Å². The van der Waals surface area contributed by atoms with Crippen LogP contribution in [0.15, 0.2) is 12.1 Å². The summed E-state index contributed by atoms with van der Waals surface area (Å²) in [4.78, 5) is 0. The topological polar surface area (TPSA) is 50.8 Å². The monoisotopic (exact) mass is 349 g/mol. The molecule has 1 aromatic heterocycles. The smallest absolute Gasteiger partial charge is 0.388 e. The highest BCUT2D eigenvalue weighted by atomic mass is 35.5. The Morgan fingerprint density at radius 3 is 2.68 bits per heavy atom. The van der Waals surface area contributed by atoms with Gasteiger partial charge in [-0.05, 0) is 12.1 Å². The predicted molar refractivity (Wildman–Crippen MR) is 74.6 cm³/mol. The summed E-state index contributed by atoms with van der Waals surface area (Å²) in [5.74, 6) is -1.17. The molecule has 0 aliphatic heterocycles. The average molecular weight is 350 g/mol. The van der Waals surface area contributed by atoms with E-state index in [2.05, 4.69) is 9.84 Å². The molecule has 0 spiro atoms. The Kier molecular flexibility index (Phi) is 4.84. The summed E-state index contributed by atoms with van der Waals surface area (Å²) in [5, 5.41) is 12.4. The maximum Gasteiger partial charge on any atom is 0.388 e. The second kappa shape index (κ2) is 6.46. The van der Waals surface area contributed by atoms with E-state index in [4.69, 9.17) is 28.5 Å². The number of halogens is 5. The molecule has 0 fully saturated rings.